The lowest BCUT2D eigenvalue weighted by atomic mass is 10.2. The van der Waals surface area contributed by atoms with Crippen molar-refractivity contribution in [2.45, 2.75) is 6.54 Å². The summed E-state index contributed by atoms with van der Waals surface area (Å²) in [5.74, 6) is 0.487. The maximum atomic E-state index is 13.0. The summed E-state index contributed by atoms with van der Waals surface area (Å²) in [6.07, 6.45) is 1.58. The second kappa shape index (κ2) is 8.52. The van der Waals surface area contributed by atoms with Gasteiger partial charge in [0.05, 0.1) is 29.0 Å². The molecule has 27 heavy (non-hydrogen) atoms. The maximum Gasteiger partial charge on any atom is 0.279 e. The number of hydrogen-bond donors (Lipinski definition) is 2. The van der Waals surface area contributed by atoms with E-state index in [-0.39, 0.29) is 18.3 Å². The highest BCUT2D eigenvalue weighted by Gasteiger charge is 2.16. The van der Waals surface area contributed by atoms with Gasteiger partial charge >= 0.3 is 0 Å². The van der Waals surface area contributed by atoms with Gasteiger partial charge in [0.25, 0.3) is 11.8 Å². The molecular weight excluding hydrogens is 392 g/mol. The summed E-state index contributed by atoms with van der Waals surface area (Å²) >= 11 is 12.1. The summed E-state index contributed by atoms with van der Waals surface area (Å²) in [6, 6.07) is 11.0. The Morgan fingerprint density at radius 1 is 1.19 bits per heavy atom. The van der Waals surface area contributed by atoms with Crippen molar-refractivity contribution in [3.05, 3.63) is 70.4 Å². The van der Waals surface area contributed by atoms with Gasteiger partial charge in [-0.3, -0.25) is 4.79 Å². The van der Waals surface area contributed by atoms with Crippen molar-refractivity contribution in [2.75, 3.05) is 18.9 Å². The molecule has 3 rings (SSSR count). The highest BCUT2D eigenvalue weighted by Crippen LogP contribution is 2.29. The third-order valence-electron chi connectivity index (χ3n) is 3.82. The number of nitrogens with one attached hydrogen (secondary N) is 2. The van der Waals surface area contributed by atoms with Crippen molar-refractivity contribution in [1.29, 1.82) is 0 Å². The monoisotopic (exact) mass is 408 g/mol. The van der Waals surface area contributed by atoms with E-state index in [1.165, 1.54) is 12.1 Å². The molecule has 0 bridgehead atoms. The van der Waals surface area contributed by atoms with Crippen LogP contribution in [0.3, 0.4) is 0 Å². The molecule has 0 aliphatic rings. The molecule has 0 aliphatic heterocycles. The van der Waals surface area contributed by atoms with Gasteiger partial charge in [0.1, 0.15) is 5.82 Å². The van der Waals surface area contributed by atoms with E-state index in [1.807, 2.05) is 7.05 Å². The van der Waals surface area contributed by atoms with Crippen LogP contribution in [-0.2, 0) is 11.3 Å². The van der Waals surface area contributed by atoms with Crippen LogP contribution in [0.4, 0.5) is 10.1 Å². The summed E-state index contributed by atoms with van der Waals surface area (Å²) in [6.45, 7) is 0.584. The van der Waals surface area contributed by atoms with E-state index in [0.717, 1.165) is 10.5 Å². The summed E-state index contributed by atoms with van der Waals surface area (Å²) in [7, 11) is 1.84. The highest BCUT2D eigenvalue weighted by atomic mass is 35.5. The second-order valence-electron chi connectivity index (χ2n) is 6.08. The van der Waals surface area contributed by atoms with E-state index in [4.69, 9.17) is 27.6 Å². The fraction of sp³-hybridized carbons (Fsp3) is 0.158. The molecule has 8 heteroatoms. The third kappa shape index (κ3) is 5.07. The average molecular weight is 409 g/mol. The first-order chi connectivity index (χ1) is 12.9. The molecule has 0 saturated heterocycles. The number of hydrogen-bond acceptors (Lipinski definition) is 3. The fourth-order valence-corrected chi connectivity index (χ4v) is 3.03. The van der Waals surface area contributed by atoms with Gasteiger partial charge in [-0.25, -0.2) is 9.37 Å². The third-order valence-corrected chi connectivity index (χ3v) is 4.45. The minimum Gasteiger partial charge on any atom is -0.435 e. The molecule has 1 aromatic heterocycles. The maximum absolute atomic E-state index is 13.0. The van der Waals surface area contributed by atoms with Gasteiger partial charge in [0.2, 0.25) is 0 Å². The smallest absolute Gasteiger partial charge is 0.279 e. The molecule has 1 unspecified atom stereocenters. The second-order valence-corrected chi connectivity index (χ2v) is 6.90. The Balaban J connectivity index is 1.58. The number of carbonyl (C=O) groups excluding carboxylic acids is 1. The van der Waals surface area contributed by atoms with E-state index >= 15 is 0 Å². The van der Waals surface area contributed by atoms with Crippen LogP contribution < -0.4 is 10.2 Å². The first kappa shape index (κ1) is 19.4. The van der Waals surface area contributed by atoms with Crippen LogP contribution in [-0.4, -0.2) is 24.5 Å². The SMILES string of the molecule is C[NH+](CC(=O)Nc1c(Cl)cccc1Cl)Cc1ncc(-c2ccc(F)cc2)o1. The van der Waals surface area contributed by atoms with Crippen LogP contribution in [0.15, 0.2) is 53.1 Å². The number of rotatable bonds is 6. The quantitative estimate of drug-likeness (QED) is 0.656. The van der Waals surface area contributed by atoms with Crippen LogP contribution in [0, 0.1) is 5.82 Å². The van der Waals surface area contributed by atoms with Crippen molar-refractivity contribution in [3.8, 4) is 11.3 Å². The lowest BCUT2D eigenvalue weighted by Crippen LogP contribution is -3.08. The standard InChI is InChI=1S/C19H16Cl2FN3O2/c1-25(10-17(26)24-19-14(20)3-2-4-15(19)21)11-18-23-9-16(27-18)12-5-7-13(22)8-6-12/h2-9H,10-11H2,1H3,(H,24,26)/p+1. The van der Waals surface area contributed by atoms with Gasteiger partial charge in [-0.2, -0.15) is 0 Å². The van der Waals surface area contributed by atoms with Gasteiger partial charge in [0.15, 0.2) is 18.8 Å². The van der Waals surface area contributed by atoms with Crippen LogP contribution >= 0.6 is 23.2 Å². The van der Waals surface area contributed by atoms with Gasteiger partial charge in [-0.1, -0.05) is 29.3 Å². The van der Waals surface area contributed by atoms with Crippen LogP contribution in [0.2, 0.25) is 10.0 Å². The van der Waals surface area contributed by atoms with Crippen LogP contribution in [0.1, 0.15) is 5.89 Å². The van der Waals surface area contributed by atoms with Gasteiger partial charge in [-0.15, -0.1) is 0 Å². The number of aromatic nitrogens is 1. The lowest BCUT2D eigenvalue weighted by Gasteiger charge is -2.13. The van der Waals surface area contributed by atoms with E-state index in [0.29, 0.717) is 33.9 Å². The van der Waals surface area contributed by atoms with Gasteiger partial charge in [-0.05, 0) is 36.4 Å². The molecule has 1 amide bonds. The minimum absolute atomic E-state index is 0.176. The van der Waals surface area contributed by atoms with E-state index in [2.05, 4.69) is 10.3 Å². The van der Waals surface area contributed by atoms with Gasteiger partial charge in [0, 0.05) is 5.56 Å². The lowest BCUT2D eigenvalue weighted by molar-refractivity contribution is -0.886. The Bertz CT molecular complexity index is 924. The molecule has 1 heterocycles. The molecule has 0 spiro atoms. The van der Waals surface area contributed by atoms with Gasteiger partial charge < -0.3 is 14.6 Å². The number of oxazole rings is 1. The molecule has 3 aromatic rings. The van der Waals surface area contributed by atoms with Crippen molar-refractivity contribution < 1.29 is 18.5 Å². The Morgan fingerprint density at radius 3 is 2.52 bits per heavy atom. The topological polar surface area (TPSA) is 59.6 Å². The molecular formula is C19H17Cl2FN3O2+. The molecule has 140 valence electrons. The van der Waals surface area contributed by atoms with Crippen LogP contribution in [0.25, 0.3) is 11.3 Å². The molecule has 0 fully saturated rings. The van der Waals surface area contributed by atoms with E-state index in [1.54, 1.807) is 36.5 Å². The molecule has 2 aromatic carbocycles. The Kier molecular flexibility index (Phi) is 6.11. The zero-order chi connectivity index (χ0) is 19.4. The van der Waals surface area contributed by atoms with Crippen molar-refractivity contribution in [2.24, 2.45) is 0 Å². The number of quaternary nitrogens is 1. The molecule has 0 saturated carbocycles. The number of amides is 1. The first-order valence-corrected chi connectivity index (χ1v) is 8.94. The van der Waals surface area contributed by atoms with E-state index in [9.17, 15) is 9.18 Å². The number of benzene rings is 2. The first-order valence-electron chi connectivity index (χ1n) is 8.18. The largest absolute Gasteiger partial charge is 0.435 e. The van der Waals surface area contributed by atoms with Crippen molar-refractivity contribution >= 4 is 34.8 Å². The Morgan fingerprint density at radius 2 is 1.85 bits per heavy atom. The molecule has 0 radical (unpaired) electrons. The van der Waals surface area contributed by atoms with Crippen molar-refractivity contribution in [3.63, 3.8) is 0 Å². The highest BCUT2D eigenvalue weighted by molar-refractivity contribution is 6.39. The summed E-state index contributed by atoms with van der Waals surface area (Å²) in [5, 5.41) is 3.48. The molecule has 0 aliphatic carbocycles. The predicted octanol–water partition coefficient (Wildman–Crippen LogP) is 3.44. The normalized spacial score (nSPS) is 12.0. The fourth-order valence-electron chi connectivity index (χ4n) is 2.54. The molecule has 2 N–H and O–H groups in total. The Labute approximate surface area is 165 Å². The summed E-state index contributed by atoms with van der Waals surface area (Å²) in [4.78, 5) is 17.3. The number of carbonyl (C=O) groups is 1. The predicted molar refractivity (Wildman–Crippen MR) is 102 cm³/mol. The Hall–Kier alpha value is -2.41. The van der Waals surface area contributed by atoms with E-state index < -0.39 is 0 Å². The molecule has 1 atom stereocenters. The number of halogens is 3. The number of nitrogens with zero attached hydrogens (tertiary/aromatic N) is 1. The summed E-state index contributed by atoms with van der Waals surface area (Å²) < 4.78 is 18.7. The number of anilines is 1. The zero-order valence-electron chi connectivity index (χ0n) is 14.4. The molecule has 5 nitrogen and oxygen atoms in total. The average Bonchev–Trinajstić information content (AvgIpc) is 3.07. The van der Waals surface area contributed by atoms with Crippen molar-refractivity contribution in [1.82, 2.24) is 4.98 Å². The zero-order valence-corrected chi connectivity index (χ0v) is 15.9. The number of likely N-dealkylation sites (N-methyl/N-ethyl adjacent to an activating group) is 1. The van der Waals surface area contributed by atoms with Crippen LogP contribution in [0.5, 0.6) is 0 Å². The summed E-state index contributed by atoms with van der Waals surface area (Å²) in [5.41, 5.74) is 1.13. The minimum atomic E-state index is -0.313. The number of para-hydroxylation sites is 1.